The van der Waals surface area contributed by atoms with E-state index in [9.17, 15) is 9.18 Å². The van der Waals surface area contributed by atoms with Gasteiger partial charge in [-0.05, 0) is 46.9 Å². The predicted molar refractivity (Wildman–Crippen MR) is 68.9 cm³/mol. The molecule has 2 rings (SSSR count). The Morgan fingerprint density at radius 2 is 2.29 bits per heavy atom. The lowest BCUT2D eigenvalue weighted by atomic mass is 10.2. The van der Waals surface area contributed by atoms with Crippen LogP contribution < -0.4 is 5.32 Å². The van der Waals surface area contributed by atoms with Crippen molar-refractivity contribution in [2.45, 2.75) is 6.54 Å². The number of nitrogens with one attached hydrogen (secondary N) is 2. The number of halogens is 2. The Balaban J connectivity index is 2.07. The lowest BCUT2D eigenvalue weighted by Gasteiger charge is -2.05. The molecule has 0 atom stereocenters. The van der Waals surface area contributed by atoms with Gasteiger partial charge in [0.1, 0.15) is 5.82 Å². The van der Waals surface area contributed by atoms with Gasteiger partial charge >= 0.3 is 0 Å². The highest BCUT2D eigenvalue weighted by atomic mass is 127. The van der Waals surface area contributed by atoms with Crippen LogP contribution in [-0.4, -0.2) is 16.1 Å². The van der Waals surface area contributed by atoms with Crippen LogP contribution >= 0.6 is 22.6 Å². The van der Waals surface area contributed by atoms with Gasteiger partial charge in [-0.3, -0.25) is 9.89 Å². The fraction of sp³-hybridized carbons (Fsp3) is 0.0909. The second-order valence-electron chi connectivity index (χ2n) is 3.39. The predicted octanol–water partition coefficient (Wildman–Crippen LogP) is 2.08. The zero-order valence-corrected chi connectivity index (χ0v) is 10.9. The number of aromatic nitrogens is 2. The van der Waals surface area contributed by atoms with Crippen LogP contribution in [-0.2, 0) is 6.54 Å². The number of aromatic amines is 1. The molecule has 0 fully saturated rings. The van der Waals surface area contributed by atoms with Crippen LogP contribution in [0.5, 0.6) is 0 Å². The molecule has 1 amide bonds. The second kappa shape index (κ2) is 5.26. The first-order valence-corrected chi connectivity index (χ1v) is 5.96. The van der Waals surface area contributed by atoms with Crippen molar-refractivity contribution in [3.8, 4) is 0 Å². The average molecular weight is 345 g/mol. The van der Waals surface area contributed by atoms with Gasteiger partial charge in [0.05, 0.1) is 17.8 Å². The largest absolute Gasteiger partial charge is 0.346 e. The molecule has 0 aliphatic carbocycles. The maximum atomic E-state index is 13.0. The normalized spacial score (nSPS) is 10.2. The fourth-order valence-corrected chi connectivity index (χ4v) is 1.91. The van der Waals surface area contributed by atoms with Gasteiger partial charge in [-0.15, -0.1) is 0 Å². The zero-order valence-electron chi connectivity index (χ0n) is 8.71. The monoisotopic (exact) mass is 345 g/mol. The van der Waals surface area contributed by atoms with Crippen LogP contribution in [0.2, 0.25) is 0 Å². The van der Waals surface area contributed by atoms with Crippen LogP contribution in [0.3, 0.4) is 0 Å². The summed E-state index contributed by atoms with van der Waals surface area (Å²) in [6.07, 6.45) is 1.60. The Kier molecular flexibility index (Phi) is 3.72. The molecule has 6 heteroatoms. The molecule has 0 aliphatic rings. The van der Waals surface area contributed by atoms with Gasteiger partial charge in [-0.2, -0.15) is 5.10 Å². The number of carbonyl (C=O) groups is 1. The van der Waals surface area contributed by atoms with Crippen LogP contribution in [0.15, 0.2) is 30.5 Å². The summed E-state index contributed by atoms with van der Waals surface area (Å²) in [5, 5.41) is 9.18. The quantitative estimate of drug-likeness (QED) is 0.837. The van der Waals surface area contributed by atoms with Crippen molar-refractivity contribution < 1.29 is 9.18 Å². The number of rotatable bonds is 3. The molecule has 1 aromatic heterocycles. The standard InChI is InChI=1S/C11H9FIN3O/c12-7-1-2-10(13)9(5-7)11(17)14-6-8-3-4-15-16-8/h1-5H,6H2,(H,14,17)(H,15,16). The number of benzene rings is 1. The maximum Gasteiger partial charge on any atom is 0.252 e. The van der Waals surface area contributed by atoms with Crippen molar-refractivity contribution >= 4 is 28.5 Å². The van der Waals surface area contributed by atoms with Crippen molar-refractivity contribution in [3.63, 3.8) is 0 Å². The third-order valence-electron chi connectivity index (χ3n) is 2.17. The van der Waals surface area contributed by atoms with Gasteiger partial charge in [0, 0.05) is 9.77 Å². The average Bonchev–Trinajstić information content (AvgIpc) is 2.82. The highest BCUT2D eigenvalue weighted by molar-refractivity contribution is 14.1. The molecule has 0 spiro atoms. The van der Waals surface area contributed by atoms with E-state index in [1.54, 1.807) is 18.3 Å². The molecule has 2 N–H and O–H groups in total. The summed E-state index contributed by atoms with van der Waals surface area (Å²) in [5.74, 6) is -0.722. The molecule has 0 radical (unpaired) electrons. The summed E-state index contributed by atoms with van der Waals surface area (Å²) in [6.45, 7) is 0.339. The van der Waals surface area contributed by atoms with E-state index in [1.165, 1.54) is 12.1 Å². The lowest BCUT2D eigenvalue weighted by Crippen LogP contribution is -2.24. The highest BCUT2D eigenvalue weighted by Crippen LogP contribution is 2.13. The van der Waals surface area contributed by atoms with Gasteiger partial charge in [-0.25, -0.2) is 4.39 Å². The second-order valence-corrected chi connectivity index (χ2v) is 4.55. The molecule has 0 aliphatic heterocycles. The smallest absolute Gasteiger partial charge is 0.252 e. The summed E-state index contributed by atoms with van der Waals surface area (Å²) < 4.78 is 13.7. The van der Waals surface area contributed by atoms with Crippen molar-refractivity contribution in [2.75, 3.05) is 0 Å². The van der Waals surface area contributed by atoms with Gasteiger partial charge in [0.25, 0.3) is 5.91 Å². The van der Waals surface area contributed by atoms with Crippen LogP contribution in [0.25, 0.3) is 0 Å². The number of carbonyl (C=O) groups excluding carboxylic acids is 1. The highest BCUT2D eigenvalue weighted by Gasteiger charge is 2.10. The van der Waals surface area contributed by atoms with Gasteiger partial charge in [-0.1, -0.05) is 0 Å². The van der Waals surface area contributed by atoms with E-state index in [2.05, 4.69) is 15.5 Å². The Labute approximate surface area is 111 Å². The third kappa shape index (κ3) is 3.02. The molecule has 88 valence electrons. The minimum absolute atomic E-state index is 0.302. The summed E-state index contributed by atoms with van der Waals surface area (Å²) in [4.78, 5) is 11.8. The minimum atomic E-state index is -0.419. The molecule has 0 unspecified atom stereocenters. The van der Waals surface area contributed by atoms with Gasteiger partial charge in [0.2, 0.25) is 0 Å². The Morgan fingerprint density at radius 1 is 1.47 bits per heavy atom. The summed E-state index contributed by atoms with van der Waals surface area (Å²) >= 11 is 2.00. The zero-order chi connectivity index (χ0) is 12.3. The van der Waals surface area contributed by atoms with Crippen molar-refractivity contribution in [1.82, 2.24) is 15.5 Å². The Morgan fingerprint density at radius 3 is 3.00 bits per heavy atom. The molecule has 0 saturated carbocycles. The van der Waals surface area contributed by atoms with E-state index in [0.29, 0.717) is 15.7 Å². The first-order valence-electron chi connectivity index (χ1n) is 4.88. The van der Waals surface area contributed by atoms with E-state index in [4.69, 9.17) is 0 Å². The van der Waals surface area contributed by atoms with E-state index in [0.717, 1.165) is 5.69 Å². The van der Waals surface area contributed by atoms with Crippen LogP contribution in [0, 0.1) is 9.39 Å². The fourth-order valence-electron chi connectivity index (χ4n) is 1.33. The van der Waals surface area contributed by atoms with Gasteiger partial charge < -0.3 is 5.32 Å². The summed E-state index contributed by atoms with van der Waals surface area (Å²) in [6, 6.07) is 5.88. The number of H-pyrrole nitrogens is 1. The minimum Gasteiger partial charge on any atom is -0.346 e. The van der Waals surface area contributed by atoms with Crippen LogP contribution in [0.1, 0.15) is 16.1 Å². The first kappa shape index (κ1) is 12.0. The van der Waals surface area contributed by atoms with Crippen molar-refractivity contribution in [1.29, 1.82) is 0 Å². The van der Waals surface area contributed by atoms with E-state index < -0.39 is 5.82 Å². The lowest BCUT2D eigenvalue weighted by molar-refractivity contribution is 0.0949. The number of amides is 1. The number of nitrogens with zero attached hydrogens (tertiary/aromatic N) is 1. The molecule has 1 aromatic carbocycles. The molecular weight excluding hydrogens is 336 g/mol. The number of hydrogen-bond donors (Lipinski definition) is 2. The van der Waals surface area contributed by atoms with Crippen molar-refractivity contribution in [3.05, 3.63) is 51.1 Å². The van der Waals surface area contributed by atoms with E-state index in [-0.39, 0.29) is 5.91 Å². The van der Waals surface area contributed by atoms with E-state index in [1.807, 2.05) is 22.6 Å². The molecule has 2 aromatic rings. The molecule has 0 bridgehead atoms. The topological polar surface area (TPSA) is 57.8 Å². The number of hydrogen-bond acceptors (Lipinski definition) is 2. The molecule has 4 nitrogen and oxygen atoms in total. The Hall–Kier alpha value is -1.44. The molecule has 17 heavy (non-hydrogen) atoms. The van der Waals surface area contributed by atoms with Gasteiger partial charge in [0.15, 0.2) is 0 Å². The van der Waals surface area contributed by atoms with Crippen LogP contribution in [0.4, 0.5) is 4.39 Å². The maximum absolute atomic E-state index is 13.0. The Bertz CT molecular complexity index is 528. The molecule has 1 heterocycles. The summed E-state index contributed by atoms with van der Waals surface area (Å²) in [5.41, 5.74) is 1.13. The van der Waals surface area contributed by atoms with Crippen molar-refractivity contribution in [2.24, 2.45) is 0 Å². The molecule has 0 saturated heterocycles. The summed E-state index contributed by atoms with van der Waals surface area (Å²) in [7, 11) is 0. The van der Waals surface area contributed by atoms with E-state index >= 15 is 0 Å². The first-order chi connectivity index (χ1) is 8.16. The SMILES string of the molecule is O=C(NCc1ccn[nH]1)c1cc(F)ccc1I. The molecular formula is C11H9FIN3O. The third-order valence-corrected chi connectivity index (χ3v) is 3.11.